The lowest BCUT2D eigenvalue weighted by Gasteiger charge is -2.06. The van der Waals surface area contributed by atoms with Gasteiger partial charge in [0.15, 0.2) is 5.82 Å². The van der Waals surface area contributed by atoms with E-state index in [9.17, 15) is 4.79 Å². The van der Waals surface area contributed by atoms with Gasteiger partial charge in [0.25, 0.3) is 0 Å². The highest BCUT2D eigenvalue weighted by Crippen LogP contribution is 2.20. The van der Waals surface area contributed by atoms with Gasteiger partial charge in [-0.2, -0.15) is 0 Å². The molecule has 1 aromatic carbocycles. The molecule has 152 valence electrons. The fourth-order valence-corrected chi connectivity index (χ4v) is 3.09. The molecule has 0 amide bonds. The minimum absolute atomic E-state index is 0.180. The highest BCUT2D eigenvalue weighted by Gasteiger charge is 2.06. The number of unbranched alkanes of at least 4 members (excludes halogenated alkanes) is 7. The minimum Gasteiger partial charge on any atom is -0.427 e. The van der Waals surface area contributed by atoms with Gasteiger partial charge in [-0.05, 0) is 49.1 Å². The van der Waals surface area contributed by atoms with Gasteiger partial charge in [-0.1, -0.05) is 58.8 Å². The molecule has 0 spiro atoms. The van der Waals surface area contributed by atoms with Gasteiger partial charge in [0.2, 0.25) is 0 Å². The summed E-state index contributed by atoms with van der Waals surface area (Å²) in [5, 5.41) is 0. The molecule has 0 radical (unpaired) electrons. The first kappa shape index (κ1) is 22.1. The van der Waals surface area contributed by atoms with Crippen LogP contribution in [0.15, 0.2) is 36.7 Å². The van der Waals surface area contributed by atoms with Gasteiger partial charge in [0.05, 0.1) is 0 Å². The Balaban J connectivity index is 1.77. The van der Waals surface area contributed by atoms with E-state index in [1.807, 2.05) is 24.5 Å². The first-order chi connectivity index (χ1) is 13.7. The molecule has 0 fully saturated rings. The van der Waals surface area contributed by atoms with E-state index in [0.29, 0.717) is 18.0 Å². The van der Waals surface area contributed by atoms with Gasteiger partial charge >= 0.3 is 5.97 Å². The summed E-state index contributed by atoms with van der Waals surface area (Å²) in [6.07, 6.45) is 16.4. The monoisotopic (exact) mass is 382 g/mol. The summed E-state index contributed by atoms with van der Waals surface area (Å²) < 4.78 is 5.33. The number of carbonyl (C=O) groups excluding carboxylic acids is 1. The Bertz CT molecular complexity index is 681. The fourth-order valence-electron chi connectivity index (χ4n) is 3.09. The van der Waals surface area contributed by atoms with Crippen LogP contribution in [0.2, 0.25) is 0 Å². The van der Waals surface area contributed by atoms with E-state index in [1.54, 1.807) is 12.1 Å². The first-order valence-corrected chi connectivity index (χ1v) is 10.8. The summed E-state index contributed by atoms with van der Waals surface area (Å²) in [6.45, 7) is 4.31. The smallest absolute Gasteiger partial charge is 0.311 e. The van der Waals surface area contributed by atoms with Gasteiger partial charge in [0.1, 0.15) is 5.75 Å². The van der Waals surface area contributed by atoms with Crippen LogP contribution in [-0.4, -0.2) is 15.9 Å². The summed E-state index contributed by atoms with van der Waals surface area (Å²) >= 11 is 0. The van der Waals surface area contributed by atoms with Crippen molar-refractivity contribution >= 4 is 5.97 Å². The van der Waals surface area contributed by atoms with Gasteiger partial charge in [-0.3, -0.25) is 4.79 Å². The Morgan fingerprint density at radius 1 is 0.821 bits per heavy atom. The molecule has 0 aliphatic heterocycles. The number of hydrogen-bond donors (Lipinski definition) is 0. The van der Waals surface area contributed by atoms with Crippen molar-refractivity contribution in [1.82, 2.24) is 9.97 Å². The second kappa shape index (κ2) is 13.0. The zero-order valence-corrected chi connectivity index (χ0v) is 17.5. The third-order valence-corrected chi connectivity index (χ3v) is 4.85. The van der Waals surface area contributed by atoms with Crippen molar-refractivity contribution in [2.75, 3.05) is 0 Å². The number of esters is 1. The number of aryl methyl sites for hydroxylation is 1. The van der Waals surface area contributed by atoms with Crippen molar-refractivity contribution in [1.29, 1.82) is 0 Å². The molecule has 0 aliphatic carbocycles. The molecule has 0 saturated heterocycles. The average Bonchev–Trinajstić information content (AvgIpc) is 2.73. The Morgan fingerprint density at radius 2 is 1.43 bits per heavy atom. The number of hydrogen-bond acceptors (Lipinski definition) is 4. The summed E-state index contributed by atoms with van der Waals surface area (Å²) in [7, 11) is 0. The summed E-state index contributed by atoms with van der Waals surface area (Å²) in [6, 6.07) is 7.39. The zero-order chi connectivity index (χ0) is 20.0. The normalized spacial score (nSPS) is 10.8. The number of carbonyl (C=O) groups is 1. The molecular formula is C24H34N2O2. The molecule has 0 atom stereocenters. The number of nitrogens with zero attached hydrogens (tertiary/aromatic N) is 2. The van der Waals surface area contributed by atoms with Crippen molar-refractivity contribution in [3.63, 3.8) is 0 Å². The maximum absolute atomic E-state index is 11.7. The molecule has 4 heteroatoms. The molecule has 0 unspecified atom stereocenters. The second-order valence-electron chi connectivity index (χ2n) is 7.39. The minimum atomic E-state index is -0.180. The lowest BCUT2D eigenvalue weighted by atomic mass is 10.1. The van der Waals surface area contributed by atoms with Gasteiger partial charge < -0.3 is 4.74 Å². The Hall–Kier alpha value is -2.23. The fraction of sp³-hybridized carbons (Fsp3) is 0.542. The zero-order valence-electron chi connectivity index (χ0n) is 17.5. The third kappa shape index (κ3) is 8.20. The van der Waals surface area contributed by atoms with Crippen LogP contribution in [-0.2, 0) is 11.2 Å². The van der Waals surface area contributed by atoms with Crippen LogP contribution >= 0.6 is 0 Å². The van der Waals surface area contributed by atoms with E-state index in [-0.39, 0.29) is 5.97 Å². The predicted octanol–water partition coefficient (Wildman–Crippen LogP) is 6.53. The summed E-state index contributed by atoms with van der Waals surface area (Å²) in [5.74, 6) is 1.09. The number of ether oxygens (including phenoxy) is 1. The Labute approximate surface area is 169 Å². The summed E-state index contributed by atoms with van der Waals surface area (Å²) in [5.41, 5.74) is 2.12. The lowest BCUT2D eigenvalue weighted by molar-refractivity contribution is -0.134. The van der Waals surface area contributed by atoms with Crippen molar-refractivity contribution in [2.45, 2.75) is 84.5 Å². The molecule has 1 heterocycles. The molecular weight excluding hydrogens is 348 g/mol. The Morgan fingerprint density at radius 3 is 2.07 bits per heavy atom. The number of rotatable bonds is 13. The molecule has 1 aromatic heterocycles. The van der Waals surface area contributed by atoms with Crippen molar-refractivity contribution in [2.24, 2.45) is 0 Å². The van der Waals surface area contributed by atoms with Crippen LogP contribution < -0.4 is 4.74 Å². The predicted molar refractivity (Wildman–Crippen MR) is 114 cm³/mol. The van der Waals surface area contributed by atoms with E-state index in [1.165, 1.54) is 50.5 Å². The largest absolute Gasteiger partial charge is 0.427 e. The standard InChI is InChI=1S/C24H34N2O2/c1-3-5-7-8-9-10-11-12-20-18-25-24(26-19-20)21-14-16-22(17-15-21)28-23(27)13-6-4-2/h14-19H,3-13H2,1-2H3. The Kier molecular flexibility index (Phi) is 10.3. The highest BCUT2D eigenvalue weighted by atomic mass is 16.5. The van der Waals surface area contributed by atoms with Crippen molar-refractivity contribution < 1.29 is 9.53 Å². The maximum Gasteiger partial charge on any atom is 0.311 e. The molecule has 0 N–H and O–H groups in total. The third-order valence-electron chi connectivity index (χ3n) is 4.85. The van der Waals surface area contributed by atoms with Gasteiger partial charge in [-0.25, -0.2) is 9.97 Å². The molecule has 0 bridgehead atoms. The van der Waals surface area contributed by atoms with E-state index in [0.717, 1.165) is 24.8 Å². The van der Waals surface area contributed by atoms with Crippen LogP contribution in [0.5, 0.6) is 5.75 Å². The summed E-state index contributed by atoms with van der Waals surface area (Å²) in [4.78, 5) is 20.7. The van der Waals surface area contributed by atoms with E-state index < -0.39 is 0 Å². The van der Waals surface area contributed by atoms with E-state index in [4.69, 9.17) is 4.74 Å². The van der Waals surface area contributed by atoms with Crippen LogP contribution in [0.25, 0.3) is 11.4 Å². The quantitative estimate of drug-likeness (QED) is 0.224. The molecule has 4 nitrogen and oxygen atoms in total. The number of benzene rings is 1. The number of aromatic nitrogens is 2. The van der Waals surface area contributed by atoms with E-state index >= 15 is 0 Å². The van der Waals surface area contributed by atoms with E-state index in [2.05, 4.69) is 23.8 Å². The van der Waals surface area contributed by atoms with Crippen LogP contribution in [0.4, 0.5) is 0 Å². The highest BCUT2D eigenvalue weighted by molar-refractivity contribution is 5.72. The lowest BCUT2D eigenvalue weighted by Crippen LogP contribution is -2.07. The average molecular weight is 383 g/mol. The van der Waals surface area contributed by atoms with Gasteiger partial charge in [0, 0.05) is 24.4 Å². The molecule has 2 aromatic rings. The SMILES string of the molecule is CCCCCCCCCc1cnc(-c2ccc(OC(=O)CCCC)cc2)nc1. The van der Waals surface area contributed by atoms with Crippen LogP contribution in [0.3, 0.4) is 0 Å². The van der Waals surface area contributed by atoms with Crippen molar-refractivity contribution in [3.05, 3.63) is 42.2 Å². The molecule has 2 rings (SSSR count). The molecule has 28 heavy (non-hydrogen) atoms. The molecule has 0 aliphatic rings. The maximum atomic E-state index is 11.7. The van der Waals surface area contributed by atoms with Crippen molar-refractivity contribution in [3.8, 4) is 17.1 Å². The first-order valence-electron chi connectivity index (χ1n) is 10.8. The van der Waals surface area contributed by atoms with Crippen LogP contribution in [0, 0.1) is 0 Å². The second-order valence-corrected chi connectivity index (χ2v) is 7.39. The topological polar surface area (TPSA) is 52.1 Å². The van der Waals surface area contributed by atoms with Gasteiger partial charge in [-0.15, -0.1) is 0 Å². The molecule has 0 saturated carbocycles. The van der Waals surface area contributed by atoms with Crippen LogP contribution in [0.1, 0.15) is 83.6 Å².